The molecule has 0 saturated carbocycles. The molecule has 20 heavy (non-hydrogen) atoms. The summed E-state index contributed by atoms with van der Waals surface area (Å²) in [5.74, 6) is 1.91. The van der Waals surface area contributed by atoms with Crippen LogP contribution in [0, 0.1) is 3.57 Å². The van der Waals surface area contributed by atoms with Gasteiger partial charge in [-0.15, -0.1) is 0 Å². The van der Waals surface area contributed by atoms with E-state index in [4.69, 9.17) is 15.2 Å². The lowest BCUT2D eigenvalue weighted by molar-refractivity contribution is 0.287. The number of nitrogens with one attached hydrogen (secondary N) is 1. The molecule has 1 heterocycles. The molecule has 0 bridgehead atoms. The molecule has 108 valence electrons. The van der Waals surface area contributed by atoms with E-state index in [0.717, 1.165) is 19.3 Å². The Morgan fingerprint density at radius 1 is 1.25 bits per heavy atom. The number of ether oxygens (including phenoxy) is 2. The van der Waals surface area contributed by atoms with Crippen molar-refractivity contribution >= 4 is 44.3 Å². The molecular formula is C13H15BrIN3O2. The van der Waals surface area contributed by atoms with Gasteiger partial charge in [-0.2, -0.15) is 5.10 Å². The number of nitrogens with two attached hydrogens (primary N) is 1. The van der Waals surface area contributed by atoms with Crippen molar-refractivity contribution in [2.45, 2.75) is 13.8 Å². The van der Waals surface area contributed by atoms with Gasteiger partial charge in [-0.25, -0.2) is 0 Å². The van der Waals surface area contributed by atoms with E-state index in [1.165, 1.54) is 0 Å². The first-order valence-corrected chi connectivity index (χ1v) is 8.04. The van der Waals surface area contributed by atoms with Gasteiger partial charge in [0.15, 0.2) is 17.3 Å². The first-order chi connectivity index (χ1) is 9.58. The van der Waals surface area contributed by atoms with Crippen molar-refractivity contribution < 1.29 is 9.47 Å². The third-order valence-electron chi connectivity index (χ3n) is 2.63. The van der Waals surface area contributed by atoms with Crippen LogP contribution in [0.3, 0.4) is 0 Å². The van der Waals surface area contributed by atoms with Crippen LogP contribution in [-0.4, -0.2) is 23.4 Å². The standard InChI is InChI=1S/C13H15BrIN3O2/c1-3-19-9-5-7(8(14)6-10(9)20-4-2)12-11(15)13(16)18-17-12/h5-6H,3-4H2,1-2H3,(H3,16,17,18). The van der Waals surface area contributed by atoms with E-state index in [1.807, 2.05) is 26.0 Å². The number of aromatic amines is 1. The van der Waals surface area contributed by atoms with E-state index in [9.17, 15) is 0 Å². The molecule has 0 aliphatic rings. The molecule has 0 saturated heterocycles. The fourth-order valence-electron chi connectivity index (χ4n) is 1.78. The van der Waals surface area contributed by atoms with Gasteiger partial charge in [0, 0.05) is 10.0 Å². The van der Waals surface area contributed by atoms with Gasteiger partial charge >= 0.3 is 0 Å². The molecule has 0 atom stereocenters. The zero-order chi connectivity index (χ0) is 14.7. The van der Waals surface area contributed by atoms with Crippen molar-refractivity contribution in [2.24, 2.45) is 0 Å². The van der Waals surface area contributed by atoms with Gasteiger partial charge in [0.05, 0.1) is 22.5 Å². The molecule has 7 heteroatoms. The van der Waals surface area contributed by atoms with Crippen LogP contribution in [0.15, 0.2) is 16.6 Å². The van der Waals surface area contributed by atoms with Gasteiger partial charge in [0.1, 0.15) is 0 Å². The zero-order valence-corrected chi connectivity index (χ0v) is 14.9. The lowest BCUT2D eigenvalue weighted by Gasteiger charge is -2.13. The maximum atomic E-state index is 5.78. The molecule has 1 aromatic heterocycles. The predicted octanol–water partition coefficient (Wildman–Crippen LogP) is 3.82. The Labute approximate surface area is 139 Å². The average molecular weight is 452 g/mol. The molecule has 0 aliphatic heterocycles. The van der Waals surface area contributed by atoms with Gasteiger partial charge in [-0.05, 0) is 64.5 Å². The van der Waals surface area contributed by atoms with Crippen LogP contribution in [-0.2, 0) is 0 Å². The lowest BCUT2D eigenvalue weighted by atomic mass is 10.1. The molecule has 0 spiro atoms. The van der Waals surface area contributed by atoms with Gasteiger partial charge < -0.3 is 15.2 Å². The second-order valence-corrected chi connectivity index (χ2v) is 5.88. The topological polar surface area (TPSA) is 73.2 Å². The van der Waals surface area contributed by atoms with Gasteiger partial charge in [-0.3, -0.25) is 5.10 Å². The number of aromatic nitrogens is 2. The normalized spacial score (nSPS) is 10.6. The van der Waals surface area contributed by atoms with Crippen LogP contribution in [0.5, 0.6) is 11.5 Å². The van der Waals surface area contributed by atoms with Crippen molar-refractivity contribution in [3.63, 3.8) is 0 Å². The van der Waals surface area contributed by atoms with E-state index in [1.54, 1.807) is 0 Å². The van der Waals surface area contributed by atoms with E-state index in [0.29, 0.717) is 30.5 Å². The van der Waals surface area contributed by atoms with Crippen molar-refractivity contribution in [3.8, 4) is 22.8 Å². The van der Waals surface area contributed by atoms with Gasteiger partial charge in [-0.1, -0.05) is 0 Å². The maximum Gasteiger partial charge on any atom is 0.162 e. The molecule has 3 N–H and O–H groups in total. The number of hydrogen-bond donors (Lipinski definition) is 2. The Bertz CT molecular complexity index is 616. The summed E-state index contributed by atoms with van der Waals surface area (Å²) in [5.41, 5.74) is 7.58. The van der Waals surface area contributed by atoms with Crippen LogP contribution in [0.25, 0.3) is 11.3 Å². The molecule has 2 rings (SSSR count). The van der Waals surface area contributed by atoms with Crippen LogP contribution >= 0.6 is 38.5 Å². The number of halogens is 2. The highest BCUT2D eigenvalue weighted by Crippen LogP contribution is 2.40. The molecule has 0 fully saturated rings. The first kappa shape index (κ1) is 15.4. The van der Waals surface area contributed by atoms with Crippen molar-refractivity contribution in [2.75, 3.05) is 18.9 Å². The zero-order valence-electron chi connectivity index (χ0n) is 11.2. The summed E-state index contributed by atoms with van der Waals surface area (Å²) >= 11 is 5.72. The van der Waals surface area contributed by atoms with Crippen LogP contribution in [0.1, 0.15) is 13.8 Å². The Balaban J connectivity index is 2.54. The molecule has 5 nitrogen and oxygen atoms in total. The number of hydrogen-bond acceptors (Lipinski definition) is 4. The SMILES string of the molecule is CCOc1cc(Br)c(-c2[nH]nc(N)c2I)cc1OCC. The van der Waals surface area contributed by atoms with Crippen molar-refractivity contribution in [1.82, 2.24) is 10.2 Å². The minimum Gasteiger partial charge on any atom is -0.490 e. The predicted molar refractivity (Wildman–Crippen MR) is 91.2 cm³/mol. The molecule has 0 unspecified atom stereocenters. The molecular weight excluding hydrogens is 437 g/mol. The van der Waals surface area contributed by atoms with Gasteiger partial charge in [0.2, 0.25) is 0 Å². The molecule has 0 amide bonds. The van der Waals surface area contributed by atoms with Gasteiger partial charge in [0.25, 0.3) is 0 Å². The summed E-state index contributed by atoms with van der Waals surface area (Å²) in [5, 5.41) is 6.96. The number of anilines is 1. The highest BCUT2D eigenvalue weighted by Gasteiger charge is 2.17. The Morgan fingerprint density at radius 2 is 1.85 bits per heavy atom. The highest BCUT2D eigenvalue weighted by molar-refractivity contribution is 14.1. The van der Waals surface area contributed by atoms with Crippen LogP contribution in [0.4, 0.5) is 5.82 Å². The summed E-state index contributed by atoms with van der Waals surface area (Å²) in [6, 6.07) is 3.82. The van der Waals surface area contributed by atoms with E-state index < -0.39 is 0 Å². The highest BCUT2D eigenvalue weighted by atomic mass is 127. The third-order valence-corrected chi connectivity index (χ3v) is 4.38. The number of nitrogen functional groups attached to an aromatic ring is 1. The minimum atomic E-state index is 0.486. The molecule has 2 aromatic rings. The number of benzene rings is 1. The summed E-state index contributed by atoms with van der Waals surface area (Å²) in [6.45, 7) is 5.04. The van der Waals surface area contributed by atoms with E-state index in [2.05, 4.69) is 48.7 Å². The third kappa shape index (κ3) is 3.03. The summed E-state index contributed by atoms with van der Waals surface area (Å²) in [7, 11) is 0. The Hall–Kier alpha value is -0.960. The summed E-state index contributed by atoms with van der Waals surface area (Å²) in [6.07, 6.45) is 0. The number of rotatable bonds is 5. The van der Waals surface area contributed by atoms with Crippen LogP contribution in [0.2, 0.25) is 0 Å². The largest absolute Gasteiger partial charge is 0.490 e. The van der Waals surface area contributed by atoms with E-state index in [-0.39, 0.29) is 0 Å². The lowest BCUT2D eigenvalue weighted by Crippen LogP contribution is -1.99. The fraction of sp³-hybridized carbons (Fsp3) is 0.308. The molecule has 1 aromatic carbocycles. The second-order valence-electron chi connectivity index (χ2n) is 3.94. The average Bonchev–Trinajstić information content (AvgIpc) is 2.74. The second kappa shape index (κ2) is 6.66. The quantitative estimate of drug-likeness (QED) is 0.677. The minimum absolute atomic E-state index is 0.486. The van der Waals surface area contributed by atoms with Crippen molar-refractivity contribution in [1.29, 1.82) is 0 Å². The summed E-state index contributed by atoms with van der Waals surface area (Å²) < 4.78 is 13.0. The van der Waals surface area contributed by atoms with Crippen LogP contribution < -0.4 is 15.2 Å². The summed E-state index contributed by atoms with van der Waals surface area (Å²) in [4.78, 5) is 0. The monoisotopic (exact) mass is 451 g/mol. The smallest absolute Gasteiger partial charge is 0.162 e. The number of nitrogens with zero attached hydrogens (tertiary/aromatic N) is 1. The van der Waals surface area contributed by atoms with E-state index >= 15 is 0 Å². The number of H-pyrrole nitrogens is 1. The molecule has 0 radical (unpaired) electrons. The Kier molecular flexibility index (Phi) is 5.14. The maximum absolute atomic E-state index is 5.78. The van der Waals surface area contributed by atoms with Crippen molar-refractivity contribution in [3.05, 3.63) is 20.2 Å². The fourth-order valence-corrected chi connectivity index (χ4v) is 2.84. The Morgan fingerprint density at radius 3 is 2.35 bits per heavy atom. The molecule has 0 aliphatic carbocycles. The first-order valence-electron chi connectivity index (χ1n) is 6.17.